The number of likely N-dealkylation sites (tertiary alicyclic amines) is 1. The normalized spacial score (nSPS) is 16.2. The van der Waals surface area contributed by atoms with Crippen molar-refractivity contribution >= 4 is 17.0 Å². The number of aromatic amines is 1. The lowest BCUT2D eigenvalue weighted by Gasteiger charge is -2.29. The Labute approximate surface area is 146 Å². The number of ether oxygens (including phenoxy) is 1. The van der Waals surface area contributed by atoms with Gasteiger partial charge < -0.3 is 15.0 Å². The molecule has 0 amide bonds. The summed E-state index contributed by atoms with van der Waals surface area (Å²) >= 11 is 0. The predicted molar refractivity (Wildman–Crippen MR) is 96.7 cm³/mol. The molecular formula is C18H22N6O. The van der Waals surface area contributed by atoms with E-state index in [-0.39, 0.29) is 6.04 Å². The number of rotatable bonds is 6. The summed E-state index contributed by atoms with van der Waals surface area (Å²) in [6.07, 6.45) is 5.66. The van der Waals surface area contributed by atoms with Gasteiger partial charge in [0.2, 0.25) is 0 Å². The average Bonchev–Trinajstić information content (AvgIpc) is 3.34. The molecule has 25 heavy (non-hydrogen) atoms. The van der Waals surface area contributed by atoms with Crippen molar-refractivity contribution in [3.63, 3.8) is 0 Å². The second-order valence-corrected chi connectivity index (χ2v) is 6.21. The molecule has 2 aromatic heterocycles. The number of nitrogens with zero attached hydrogens (tertiary/aromatic N) is 4. The molecule has 0 aliphatic carbocycles. The molecule has 2 N–H and O–H groups in total. The third-order valence-electron chi connectivity index (χ3n) is 4.77. The number of hydrogen-bond donors (Lipinski definition) is 2. The fourth-order valence-electron chi connectivity index (χ4n) is 3.52. The minimum Gasteiger partial charge on any atom is -0.496 e. The van der Waals surface area contributed by atoms with Crippen LogP contribution in [0.2, 0.25) is 0 Å². The summed E-state index contributed by atoms with van der Waals surface area (Å²) in [5, 5.41) is 3.48. The Kier molecular flexibility index (Phi) is 4.47. The number of nitrogens with one attached hydrogen (secondary N) is 2. The quantitative estimate of drug-likeness (QED) is 0.719. The number of hydrogen-bond acceptors (Lipinski definition) is 6. The molecule has 0 bridgehead atoms. The molecule has 1 fully saturated rings. The molecular weight excluding hydrogens is 316 g/mol. The van der Waals surface area contributed by atoms with Crippen LogP contribution in [0.25, 0.3) is 11.2 Å². The molecule has 1 aliphatic rings. The number of fused-ring (bicyclic) bond motifs is 1. The molecule has 1 aromatic carbocycles. The summed E-state index contributed by atoms with van der Waals surface area (Å²) < 4.78 is 5.60. The number of H-pyrrole nitrogens is 1. The highest BCUT2D eigenvalue weighted by molar-refractivity contribution is 5.81. The number of benzene rings is 1. The van der Waals surface area contributed by atoms with Gasteiger partial charge in [0, 0.05) is 12.1 Å². The maximum atomic E-state index is 5.60. The van der Waals surface area contributed by atoms with Gasteiger partial charge in [0.25, 0.3) is 0 Å². The van der Waals surface area contributed by atoms with Crippen molar-refractivity contribution < 1.29 is 4.74 Å². The molecule has 0 saturated carbocycles. The third kappa shape index (κ3) is 3.15. The number of anilines is 1. The van der Waals surface area contributed by atoms with Crippen molar-refractivity contribution in [2.75, 3.05) is 32.1 Å². The summed E-state index contributed by atoms with van der Waals surface area (Å²) in [5.41, 5.74) is 2.71. The molecule has 1 saturated heterocycles. The average molecular weight is 338 g/mol. The predicted octanol–water partition coefficient (Wildman–Crippen LogP) is 2.61. The second-order valence-electron chi connectivity index (χ2n) is 6.21. The van der Waals surface area contributed by atoms with Crippen LogP contribution in [0.1, 0.15) is 24.4 Å². The van der Waals surface area contributed by atoms with E-state index >= 15 is 0 Å². The number of imidazole rings is 1. The van der Waals surface area contributed by atoms with Crippen LogP contribution in [0.15, 0.2) is 36.9 Å². The maximum absolute atomic E-state index is 5.60. The zero-order valence-corrected chi connectivity index (χ0v) is 14.3. The van der Waals surface area contributed by atoms with Crippen LogP contribution in [-0.4, -0.2) is 51.6 Å². The molecule has 1 atom stereocenters. The van der Waals surface area contributed by atoms with E-state index in [4.69, 9.17) is 4.74 Å². The second kappa shape index (κ2) is 7.06. The first-order valence-electron chi connectivity index (χ1n) is 8.61. The van der Waals surface area contributed by atoms with Crippen LogP contribution in [0.5, 0.6) is 5.75 Å². The smallest absolute Gasteiger partial charge is 0.182 e. The third-order valence-corrected chi connectivity index (χ3v) is 4.77. The van der Waals surface area contributed by atoms with Gasteiger partial charge in [-0.15, -0.1) is 0 Å². The fourth-order valence-corrected chi connectivity index (χ4v) is 3.52. The van der Waals surface area contributed by atoms with Gasteiger partial charge in [0.1, 0.15) is 17.6 Å². The monoisotopic (exact) mass is 338 g/mol. The van der Waals surface area contributed by atoms with Crippen LogP contribution in [-0.2, 0) is 0 Å². The minimum atomic E-state index is 0.228. The Bertz CT molecular complexity index is 842. The number of methoxy groups -OCH3 is 1. The molecule has 1 aliphatic heterocycles. The van der Waals surface area contributed by atoms with Crippen LogP contribution in [0, 0.1) is 0 Å². The SMILES string of the molecule is COc1ccccc1C(CNc1ncnc2nc[nH]c12)N1CCCC1. The van der Waals surface area contributed by atoms with E-state index in [2.05, 4.69) is 42.3 Å². The molecule has 3 aromatic rings. The molecule has 1 unspecified atom stereocenters. The largest absolute Gasteiger partial charge is 0.496 e. The highest BCUT2D eigenvalue weighted by atomic mass is 16.5. The zero-order valence-electron chi connectivity index (χ0n) is 14.3. The van der Waals surface area contributed by atoms with Gasteiger partial charge in [0.15, 0.2) is 11.5 Å². The van der Waals surface area contributed by atoms with E-state index in [0.717, 1.165) is 36.7 Å². The molecule has 7 heteroatoms. The Balaban J connectivity index is 1.61. The van der Waals surface area contributed by atoms with Gasteiger partial charge in [-0.2, -0.15) is 0 Å². The van der Waals surface area contributed by atoms with Gasteiger partial charge in [0.05, 0.1) is 19.5 Å². The molecule has 0 spiro atoms. The molecule has 130 valence electrons. The topological polar surface area (TPSA) is 79.0 Å². The lowest BCUT2D eigenvalue weighted by molar-refractivity contribution is 0.249. The lowest BCUT2D eigenvalue weighted by Crippen LogP contribution is -2.31. The first-order valence-corrected chi connectivity index (χ1v) is 8.61. The zero-order chi connectivity index (χ0) is 17.1. The Morgan fingerprint density at radius 1 is 1.20 bits per heavy atom. The van der Waals surface area contributed by atoms with Crippen molar-refractivity contribution in [3.05, 3.63) is 42.5 Å². The first kappa shape index (κ1) is 15.8. The van der Waals surface area contributed by atoms with Crippen molar-refractivity contribution in [3.8, 4) is 5.75 Å². The van der Waals surface area contributed by atoms with Crippen LogP contribution >= 0.6 is 0 Å². The van der Waals surface area contributed by atoms with E-state index in [9.17, 15) is 0 Å². The van der Waals surface area contributed by atoms with E-state index in [1.54, 1.807) is 19.8 Å². The van der Waals surface area contributed by atoms with E-state index < -0.39 is 0 Å². The van der Waals surface area contributed by atoms with Crippen LogP contribution in [0.3, 0.4) is 0 Å². The van der Waals surface area contributed by atoms with Crippen molar-refractivity contribution in [1.29, 1.82) is 0 Å². The van der Waals surface area contributed by atoms with Crippen LogP contribution in [0.4, 0.5) is 5.82 Å². The summed E-state index contributed by atoms with van der Waals surface area (Å²) in [6.45, 7) is 2.95. The lowest BCUT2D eigenvalue weighted by atomic mass is 10.0. The summed E-state index contributed by atoms with van der Waals surface area (Å²) in [4.78, 5) is 18.3. The Morgan fingerprint density at radius 2 is 2.04 bits per heavy atom. The van der Waals surface area contributed by atoms with Gasteiger partial charge in [-0.3, -0.25) is 4.90 Å². The summed E-state index contributed by atoms with van der Waals surface area (Å²) in [7, 11) is 1.73. The standard InChI is InChI=1S/C18H22N6O/c1-25-15-7-3-2-6-13(15)14(24-8-4-5-9-24)10-19-17-16-18(21-11-20-16)23-12-22-17/h2-3,6-7,11-12,14H,4-5,8-10H2,1H3,(H2,19,20,21,22,23). The molecule has 4 rings (SSSR count). The molecule has 7 nitrogen and oxygen atoms in total. The fraction of sp³-hybridized carbons (Fsp3) is 0.389. The van der Waals surface area contributed by atoms with Crippen LogP contribution < -0.4 is 10.1 Å². The minimum absolute atomic E-state index is 0.228. The highest BCUT2D eigenvalue weighted by Crippen LogP contribution is 2.32. The molecule has 0 radical (unpaired) electrons. The highest BCUT2D eigenvalue weighted by Gasteiger charge is 2.26. The Hall–Kier alpha value is -2.67. The maximum Gasteiger partial charge on any atom is 0.182 e. The van der Waals surface area contributed by atoms with Gasteiger partial charge in [-0.25, -0.2) is 15.0 Å². The number of para-hydroxylation sites is 1. The Morgan fingerprint density at radius 3 is 2.88 bits per heavy atom. The van der Waals surface area contributed by atoms with E-state index in [1.807, 2.05) is 12.1 Å². The van der Waals surface area contributed by atoms with E-state index in [1.165, 1.54) is 18.4 Å². The molecule has 3 heterocycles. The van der Waals surface area contributed by atoms with Gasteiger partial charge in [-0.1, -0.05) is 18.2 Å². The van der Waals surface area contributed by atoms with Gasteiger partial charge >= 0.3 is 0 Å². The van der Waals surface area contributed by atoms with Crippen molar-refractivity contribution in [1.82, 2.24) is 24.8 Å². The van der Waals surface area contributed by atoms with E-state index in [0.29, 0.717) is 5.65 Å². The number of aromatic nitrogens is 4. The van der Waals surface area contributed by atoms with Gasteiger partial charge in [-0.05, 0) is 32.0 Å². The van der Waals surface area contributed by atoms with Crippen molar-refractivity contribution in [2.45, 2.75) is 18.9 Å². The van der Waals surface area contributed by atoms with Crippen molar-refractivity contribution in [2.24, 2.45) is 0 Å². The first-order chi connectivity index (χ1) is 12.4. The summed E-state index contributed by atoms with van der Waals surface area (Å²) in [5.74, 6) is 1.71. The summed E-state index contributed by atoms with van der Waals surface area (Å²) in [6, 6.07) is 8.48.